The normalized spacial score (nSPS) is 21.2. The molecule has 21 heavy (non-hydrogen) atoms. The zero-order valence-corrected chi connectivity index (χ0v) is 13.2. The average molecular weight is 341 g/mol. The van der Waals surface area contributed by atoms with Gasteiger partial charge in [-0.1, -0.05) is 28.1 Å². The van der Waals surface area contributed by atoms with Gasteiger partial charge in [-0.3, -0.25) is 0 Å². The molecule has 2 nitrogen and oxygen atoms in total. The van der Waals surface area contributed by atoms with E-state index in [-0.39, 0.29) is 0 Å². The van der Waals surface area contributed by atoms with Crippen LogP contribution < -0.4 is 5.32 Å². The highest BCUT2D eigenvalue weighted by molar-refractivity contribution is 9.10. The van der Waals surface area contributed by atoms with Gasteiger partial charge in [0.25, 0.3) is 0 Å². The van der Waals surface area contributed by atoms with E-state index in [1.165, 1.54) is 35.0 Å². The zero-order chi connectivity index (χ0) is 14.2. The van der Waals surface area contributed by atoms with Crippen LogP contribution in [0.5, 0.6) is 0 Å². The maximum atomic E-state index is 3.65. The summed E-state index contributed by atoms with van der Waals surface area (Å²) in [6, 6.07) is 18.0. The number of hydrogen-bond donors (Lipinski definition) is 2. The van der Waals surface area contributed by atoms with Crippen LogP contribution in [0, 0.1) is 0 Å². The molecule has 0 saturated heterocycles. The number of hydrogen-bond acceptors (Lipinski definition) is 1. The topological polar surface area (TPSA) is 27.8 Å². The minimum atomic E-state index is 0.593. The maximum absolute atomic E-state index is 3.65. The summed E-state index contributed by atoms with van der Waals surface area (Å²) in [6.07, 6.45) is 4.42. The van der Waals surface area contributed by atoms with Gasteiger partial charge in [0, 0.05) is 33.3 Å². The molecule has 2 aromatic carbocycles. The molecule has 1 aromatic heterocycles. The minimum Gasteiger partial charge on any atom is -0.382 e. The van der Waals surface area contributed by atoms with Crippen LogP contribution in [0.3, 0.4) is 0 Å². The Morgan fingerprint density at radius 2 is 1.81 bits per heavy atom. The van der Waals surface area contributed by atoms with Gasteiger partial charge in [0.2, 0.25) is 0 Å². The molecule has 0 aliphatic heterocycles. The summed E-state index contributed by atoms with van der Waals surface area (Å²) in [5, 5.41) is 4.92. The number of halogens is 1. The van der Waals surface area contributed by atoms with Crippen LogP contribution in [0.1, 0.15) is 24.3 Å². The van der Waals surface area contributed by atoms with Gasteiger partial charge in [0.15, 0.2) is 0 Å². The quantitative estimate of drug-likeness (QED) is 0.666. The first-order valence-corrected chi connectivity index (χ1v) is 8.16. The highest BCUT2D eigenvalue weighted by atomic mass is 79.9. The number of aromatic amines is 1. The van der Waals surface area contributed by atoms with Crippen LogP contribution in [0.25, 0.3) is 10.9 Å². The van der Waals surface area contributed by atoms with Crippen molar-refractivity contribution < 1.29 is 0 Å². The molecule has 3 heteroatoms. The van der Waals surface area contributed by atoms with Gasteiger partial charge in [0.05, 0.1) is 0 Å². The van der Waals surface area contributed by atoms with Crippen molar-refractivity contribution in [3.63, 3.8) is 0 Å². The molecule has 0 spiro atoms. The molecule has 0 atom stereocenters. The van der Waals surface area contributed by atoms with Crippen molar-refractivity contribution in [2.75, 3.05) is 5.32 Å². The number of rotatable bonds is 3. The van der Waals surface area contributed by atoms with E-state index in [1.54, 1.807) is 0 Å². The first-order valence-electron chi connectivity index (χ1n) is 7.37. The van der Waals surface area contributed by atoms with Crippen molar-refractivity contribution in [1.82, 2.24) is 4.98 Å². The van der Waals surface area contributed by atoms with Gasteiger partial charge in [-0.2, -0.15) is 0 Å². The summed E-state index contributed by atoms with van der Waals surface area (Å²) in [4.78, 5) is 3.23. The lowest BCUT2D eigenvalue weighted by Gasteiger charge is -2.37. The summed E-state index contributed by atoms with van der Waals surface area (Å²) in [6.45, 7) is 0. The molecule has 1 heterocycles. The average Bonchev–Trinajstić information content (AvgIpc) is 2.91. The predicted molar refractivity (Wildman–Crippen MR) is 91.8 cm³/mol. The van der Waals surface area contributed by atoms with Crippen molar-refractivity contribution >= 4 is 32.5 Å². The Morgan fingerprint density at radius 1 is 1.00 bits per heavy atom. The molecule has 4 rings (SSSR count). The van der Waals surface area contributed by atoms with Gasteiger partial charge >= 0.3 is 0 Å². The van der Waals surface area contributed by atoms with E-state index in [4.69, 9.17) is 0 Å². The number of H-pyrrole nitrogens is 1. The summed E-state index contributed by atoms with van der Waals surface area (Å²) in [5.41, 5.74) is 3.88. The van der Waals surface area contributed by atoms with Crippen LogP contribution in [-0.4, -0.2) is 11.0 Å². The third kappa shape index (κ3) is 2.58. The van der Waals surface area contributed by atoms with Crippen molar-refractivity contribution in [3.05, 3.63) is 64.8 Å². The van der Waals surface area contributed by atoms with E-state index in [9.17, 15) is 0 Å². The van der Waals surface area contributed by atoms with Crippen molar-refractivity contribution in [3.8, 4) is 0 Å². The number of aromatic nitrogens is 1. The molecular formula is C18H17BrN2. The molecule has 0 unspecified atom stereocenters. The third-order valence-corrected chi connectivity index (χ3v) is 4.93. The third-order valence-electron chi connectivity index (χ3n) is 4.40. The van der Waals surface area contributed by atoms with Crippen molar-refractivity contribution in [2.24, 2.45) is 0 Å². The lowest BCUT2D eigenvalue weighted by Crippen LogP contribution is -2.33. The molecule has 106 valence electrons. The standard InChI is InChI=1S/C18H17BrN2/c19-15-3-1-12(2-4-15)14-10-17(11-14)21-16-5-6-18-13(9-16)7-8-20-18/h1-9,14,17,20-21H,10-11H2. The summed E-state index contributed by atoms with van der Waals surface area (Å²) in [5.74, 6) is 0.701. The SMILES string of the molecule is Brc1ccc(C2CC(Nc3ccc4[nH]ccc4c3)C2)cc1. The van der Waals surface area contributed by atoms with E-state index in [0.29, 0.717) is 12.0 Å². The zero-order valence-electron chi connectivity index (χ0n) is 11.6. The molecule has 0 bridgehead atoms. The van der Waals surface area contributed by atoms with E-state index in [2.05, 4.69) is 74.8 Å². The lowest BCUT2D eigenvalue weighted by atomic mass is 9.76. The minimum absolute atomic E-state index is 0.593. The van der Waals surface area contributed by atoms with Crippen molar-refractivity contribution in [1.29, 1.82) is 0 Å². The predicted octanol–water partition coefficient (Wildman–Crippen LogP) is 5.29. The fourth-order valence-corrected chi connectivity index (χ4v) is 3.39. The van der Waals surface area contributed by atoms with Gasteiger partial charge in [-0.05, 0) is 60.7 Å². The van der Waals surface area contributed by atoms with E-state index in [1.807, 2.05) is 6.20 Å². The monoisotopic (exact) mass is 340 g/mol. The largest absolute Gasteiger partial charge is 0.382 e. The Balaban J connectivity index is 1.40. The Labute approximate surface area is 132 Å². The Hall–Kier alpha value is -1.74. The van der Waals surface area contributed by atoms with Crippen LogP contribution in [0.15, 0.2) is 59.2 Å². The molecule has 3 aromatic rings. The fraction of sp³-hybridized carbons (Fsp3) is 0.222. The van der Waals surface area contributed by atoms with Crippen LogP contribution in [-0.2, 0) is 0 Å². The first kappa shape index (κ1) is 13.0. The Morgan fingerprint density at radius 3 is 2.62 bits per heavy atom. The van der Waals surface area contributed by atoms with Crippen LogP contribution >= 0.6 is 15.9 Å². The molecule has 0 amide bonds. The molecule has 1 aliphatic carbocycles. The number of benzene rings is 2. The number of fused-ring (bicyclic) bond motifs is 1. The second kappa shape index (κ2) is 5.23. The number of nitrogens with one attached hydrogen (secondary N) is 2. The second-order valence-corrected chi connectivity index (χ2v) is 6.76. The molecule has 1 fully saturated rings. The summed E-state index contributed by atoms with van der Waals surface area (Å²) >= 11 is 3.49. The first-order chi connectivity index (χ1) is 10.3. The van der Waals surface area contributed by atoms with Crippen LogP contribution in [0.4, 0.5) is 5.69 Å². The summed E-state index contributed by atoms with van der Waals surface area (Å²) < 4.78 is 1.15. The molecule has 2 N–H and O–H groups in total. The molecule has 1 aliphatic rings. The van der Waals surface area contributed by atoms with Gasteiger partial charge < -0.3 is 10.3 Å². The lowest BCUT2D eigenvalue weighted by molar-refractivity contribution is 0.374. The van der Waals surface area contributed by atoms with Gasteiger partial charge in [-0.15, -0.1) is 0 Å². The van der Waals surface area contributed by atoms with Gasteiger partial charge in [-0.25, -0.2) is 0 Å². The molecule has 1 saturated carbocycles. The molecule has 0 radical (unpaired) electrons. The fourth-order valence-electron chi connectivity index (χ4n) is 3.12. The molecular weight excluding hydrogens is 324 g/mol. The van der Waals surface area contributed by atoms with Crippen LogP contribution in [0.2, 0.25) is 0 Å². The van der Waals surface area contributed by atoms with Gasteiger partial charge in [0.1, 0.15) is 0 Å². The van der Waals surface area contributed by atoms with Crippen molar-refractivity contribution in [2.45, 2.75) is 24.8 Å². The second-order valence-electron chi connectivity index (χ2n) is 5.84. The van der Waals surface area contributed by atoms with E-state index < -0.39 is 0 Å². The van der Waals surface area contributed by atoms with E-state index in [0.717, 1.165) is 4.47 Å². The Bertz CT molecular complexity index is 754. The highest BCUT2D eigenvalue weighted by Gasteiger charge is 2.30. The maximum Gasteiger partial charge on any atom is 0.0455 e. The highest BCUT2D eigenvalue weighted by Crippen LogP contribution is 2.39. The number of anilines is 1. The Kier molecular flexibility index (Phi) is 3.23. The van der Waals surface area contributed by atoms with E-state index >= 15 is 0 Å². The summed E-state index contributed by atoms with van der Waals surface area (Å²) in [7, 11) is 0. The smallest absolute Gasteiger partial charge is 0.0455 e.